The third-order valence-corrected chi connectivity index (χ3v) is 4.97. The molecule has 1 aromatic heterocycles. The van der Waals surface area contributed by atoms with Crippen LogP contribution in [0.15, 0.2) is 5.16 Å². The first-order chi connectivity index (χ1) is 10.1. The number of nitrogens with one attached hydrogen (secondary N) is 1. The van der Waals surface area contributed by atoms with Gasteiger partial charge in [0.2, 0.25) is 0 Å². The summed E-state index contributed by atoms with van der Waals surface area (Å²) in [4.78, 5) is 0. The lowest BCUT2D eigenvalue weighted by atomic mass is 10.2. The monoisotopic (exact) mass is 310 g/mol. The highest BCUT2D eigenvalue weighted by molar-refractivity contribution is 7.99. The molecular weight excluding hydrogens is 284 g/mol. The molecule has 2 saturated carbocycles. The van der Waals surface area contributed by atoms with Crippen LogP contribution in [0.5, 0.6) is 0 Å². The number of hydrogen-bond acceptors (Lipinski definition) is 5. The van der Waals surface area contributed by atoms with Crippen LogP contribution in [-0.4, -0.2) is 44.8 Å². The Bertz CT molecular complexity index is 468. The minimum absolute atomic E-state index is 0.331. The van der Waals surface area contributed by atoms with Crippen LogP contribution in [0.4, 0.5) is 0 Å². The van der Waals surface area contributed by atoms with Gasteiger partial charge in [-0.25, -0.2) is 0 Å². The van der Waals surface area contributed by atoms with E-state index < -0.39 is 0 Å². The van der Waals surface area contributed by atoms with Crippen molar-refractivity contribution in [2.24, 2.45) is 5.92 Å². The molecule has 0 aliphatic heterocycles. The van der Waals surface area contributed by atoms with E-state index in [1.54, 1.807) is 11.8 Å². The molecule has 2 N–H and O–H groups in total. The summed E-state index contributed by atoms with van der Waals surface area (Å²) in [6.45, 7) is 5.95. The van der Waals surface area contributed by atoms with Crippen LogP contribution < -0.4 is 5.32 Å². The Morgan fingerprint density at radius 1 is 1.24 bits per heavy atom. The van der Waals surface area contributed by atoms with Crippen molar-refractivity contribution >= 4 is 11.8 Å². The molecule has 0 amide bonds. The van der Waals surface area contributed by atoms with Crippen LogP contribution in [0.2, 0.25) is 0 Å². The molecule has 5 nitrogen and oxygen atoms in total. The Kier molecular flexibility index (Phi) is 4.86. The van der Waals surface area contributed by atoms with E-state index in [1.165, 1.54) is 31.5 Å². The number of aliphatic hydroxyl groups is 1. The van der Waals surface area contributed by atoms with E-state index in [-0.39, 0.29) is 6.10 Å². The van der Waals surface area contributed by atoms with E-state index >= 15 is 0 Å². The predicted molar refractivity (Wildman–Crippen MR) is 84.7 cm³/mol. The maximum absolute atomic E-state index is 10.1. The van der Waals surface area contributed by atoms with Crippen molar-refractivity contribution in [3.8, 4) is 0 Å². The standard InChI is InChI=1S/C15H26N4OS/c1-10(2)7-16-8-13(20)9-21-15-18-17-14(11-3-4-11)19(15)12-5-6-12/h10-13,16,20H,3-9H2,1-2H3. The molecule has 21 heavy (non-hydrogen) atoms. The van der Waals surface area contributed by atoms with Gasteiger partial charge in [0.05, 0.1) is 6.10 Å². The van der Waals surface area contributed by atoms with E-state index in [1.807, 2.05) is 0 Å². The summed E-state index contributed by atoms with van der Waals surface area (Å²) in [5.41, 5.74) is 0. The predicted octanol–water partition coefficient (Wildman–Crippen LogP) is 2.19. The molecule has 118 valence electrons. The minimum Gasteiger partial charge on any atom is -0.391 e. The lowest BCUT2D eigenvalue weighted by Gasteiger charge is -2.13. The topological polar surface area (TPSA) is 63.0 Å². The van der Waals surface area contributed by atoms with Gasteiger partial charge in [-0.3, -0.25) is 0 Å². The molecular formula is C15H26N4OS. The van der Waals surface area contributed by atoms with Gasteiger partial charge in [-0.1, -0.05) is 25.6 Å². The van der Waals surface area contributed by atoms with Crippen molar-refractivity contribution in [2.45, 2.75) is 62.8 Å². The molecule has 0 bridgehead atoms. The third kappa shape index (κ3) is 4.20. The molecule has 0 spiro atoms. The Labute approximate surface area is 130 Å². The summed E-state index contributed by atoms with van der Waals surface area (Å²) in [6, 6.07) is 0.620. The highest BCUT2D eigenvalue weighted by Gasteiger charge is 2.36. The fourth-order valence-electron chi connectivity index (χ4n) is 2.45. The second-order valence-corrected chi connectivity index (χ2v) is 7.72. The van der Waals surface area contributed by atoms with Crippen molar-refractivity contribution in [3.63, 3.8) is 0 Å². The van der Waals surface area contributed by atoms with Gasteiger partial charge in [-0.05, 0) is 38.1 Å². The number of rotatable bonds is 9. The fraction of sp³-hybridized carbons (Fsp3) is 0.867. The summed E-state index contributed by atoms with van der Waals surface area (Å²) in [6.07, 6.45) is 4.70. The Morgan fingerprint density at radius 3 is 2.62 bits per heavy atom. The first-order valence-corrected chi connectivity index (χ1v) is 9.10. The quantitative estimate of drug-likeness (QED) is 0.685. The highest BCUT2D eigenvalue weighted by atomic mass is 32.2. The number of thioether (sulfide) groups is 1. The molecule has 2 aliphatic rings. The summed E-state index contributed by atoms with van der Waals surface area (Å²) in [5, 5.41) is 23.1. The van der Waals surface area contributed by atoms with Crippen molar-refractivity contribution in [1.29, 1.82) is 0 Å². The Balaban J connectivity index is 1.50. The van der Waals surface area contributed by atoms with Crippen molar-refractivity contribution in [3.05, 3.63) is 5.82 Å². The lowest BCUT2D eigenvalue weighted by Crippen LogP contribution is -2.31. The fourth-order valence-corrected chi connectivity index (χ4v) is 3.39. The Hall–Kier alpha value is -0.590. The molecule has 1 heterocycles. The molecule has 0 saturated heterocycles. The first-order valence-electron chi connectivity index (χ1n) is 8.11. The van der Waals surface area contributed by atoms with Crippen molar-refractivity contribution in [1.82, 2.24) is 20.1 Å². The molecule has 6 heteroatoms. The van der Waals surface area contributed by atoms with Crippen LogP contribution in [-0.2, 0) is 0 Å². The molecule has 3 rings (SSSR count). The largest absolute Gasteiger partial charge is 0.391 e. The first kappa shape index (κ1) is 15.3. The smallest absolute Gasteiger partial charge is 0.191 e. The molecule has 0 radical (unpaired) electrons. The Morgan fingerprint density at radius 2 is 2.00 bits per heavy atom. The lowest BCUT2D eigenvalue weighted by molar-refractivity contribution is 0.194. The average Bonchev–Trinajstić information content (AvgIpc) is 3.34. The zero-order valence-corrected chi connectivity index (χ0v) is 13.8. The normalized spacial score (nSPS) is 20.2. The number of hydrogen-bond donors (Lipinski definition) is 2. The van der Waals surface area contributed by atoms with Gasteiger partial charge in [0.15, 0.2) is 5.16 Å². The van der Waals surface area contributed by atoms with E-state index in [9.17, 15) is 5.11 Å². The van der Waals surface area contributed by atoms with Gasteiger partial charge in [0.1, 0.15) is 5.82 Å². The second-order valence-electron chi connectivity index (χ2n) is 6.73. The maximum Gasteiger partial charge on any atom is 0.191 e. The number of aromatic nitrogens is 3. The molecule has 2 fully saturated rings. The SMILES string of the molecule is CC(C)CNCC(O)CSc1nnc(C2CC2)n1C1CC1. The van der Waals surface area contributed by atoms with Gasteiger partial charge in [0, 0.05) is 24.3 Å². The van der Waals surface area contributed by atoms with Crippen molar-refractivity contribution < 1.29 is 5.11 Å². The van der Waals surface area contributed by atoms with Gasteiger partial charge >= 0.3 is 0 Å². The van der Waals surface area contributed by atoms with E-state index in [0.717, 1.165) is 11.7 Å². The van der Waals surface area contributed by atoms with Gasteiger partial charge in [-0.15, -0.1) is 10.2 Å². The van der Waals surface area contributed by atoms with E-state index in [0.29, 0.717) is 30.2 Å². The molecule has 0 aromatic carbocycles. The van der Waals surface area contributed by atoms with E-state index in [2.05, 4.69) is 33.9 Å². The van der Waals surface area contributed by atoms with Crippen LogP contribution >= 0.6 is 11.8 Å². The van der Waals surface area contributed by atoms with Gasteiger partial charge in [-0.2, -0.15) is 0 Å². The molecule has 1 unspecified atom stereocenters. The highest BCUT2D eigenvalue weighted by Crippen LogP contribution is 2.45. The van der Waals surface area contributed by atoms with Crippen molar-refractivity contribution in [2.75, 3.05) is 18.8 Å². The zero-order chi connectivity index (χ0) is 14.8. The van der Waals surface area contributed by atoms with Crippen LogP contribution in [0.25, 0.3) is 0 Å². The second kappa shape index (κ2) is 6.67. The summed E-state index contributed by atoms with van der Waals surface area (Å²) in [5.74, 6) is 3.13. The summed E-state index contributed by atoms with van der Waals surface area (Å²) < 4.78 is 2.34. The zero-order valence-electron chi connectivity index (χ0n) is 13.0. The summed E-state index contributed by atoms with van der Waals surface area (Å²) in [7, 11) is 0. The number of aliphatic hydroxyl groups excluding tert-OH is 1. The van der Waals surface area contributed by atoms with Gasteiger partial charge < -0.3 is 15.0 Å². The number of nitrogens with zero attached hydrogens (tertiary/aromatic N) is 3. The van der Waals surface area contributed by atoms with Crippen LogP contribution in [0.1, 0.15) is 57.3 Å². The van der Waals surface area contributed by atoms with Crippen LogP contribution in [0, 0.1) is 5.92 Å². The van der Waals surface area contributed by atoms with Gasteiger partial charge in [0.25, 0.3) is 0 Å². The maximum atomic E-state index is 10.1. The van der Waals surface area contributed by atoms with E-state index in [4.69, 9.17) is 0 Å². The third-order valence-electron chi connectivity index (χ3n) is 3.88. The minimum atomic E-state index is -0.331. The van der Waals surface area contributed by atoms with Crippen LogP contribution in [0.3, 0.4) is 0 Å². The summed E-state index contributed by atoms with van der Waals surface area (Å²) >= 11 is 1.65. The average molecular weight is 310 g/mol. The molecule has 2 aliphatic carbocycles. The molecule has 1 atom stereocenters. The molecule has 1 aromatic rings.